The number of non-ortho nitro benzene ring substituents is 1. The van der Waals surface area contributed by atoms with E-state index in [2.05, 4.69) is 4.98 Å². The lowest BCUT2D eigenvalue weighted by molar-refractivity contribution is -0.384. The summed E-state index contributed by atoms with van der Waals surface area (Å²) in [4.78, 5) is 41.2. The van der Waals surface area contributed by atoms with Crippen LogP contribution >= 0.6 is 0 Å². The number of aryl methyl sites for hydroxylation is 1. The Morgan fingerprint density at radius 1 is 1.06 bits per heavy atom. The molecule has 0 fully saturated rings. The van der Waals surface area contributed by atoms with Crippen molar-refractivity contribution in [3.05, 3.63) is 110 Å². The van der Waals surface area contributed by atoms with Crippen molar-refractivity contribution in [2.45, 2.75) is 13.5 Å². The zero-order valence-electron chi connectivity index (χ0n) is 18.1. The van der Waals surface area contributed by atoms with Crippen molar-refractivity contribution in [3.63, 3.8) is 0 Å². The van der Waals surface area contributed by atoms with Gasteiger partial charge in [-0.3, -0.25) is 19.7 Å². The number of anilines is 1. The molecule has 0 bridgehead atoms. The number of hydrogen-bond donors (Lipinski definition) is 1. The highest BCUT2D eigenvalue weighted by Crippen LogP contribution is 2.30. The molecule has 0 aliphatic rings. The van der Waals surface area contributed by atoms with Gasteiger partial charge in [-0.15, -0.1) is 0 Å². The molecule has 166 valence electrons. The Morgan fingerprint density at radius 3 is 2.48 bits per heavy atom. The summed E-state index contributed by atoms with van der Waals surface area (Å²) in [5.41, 5.74) is 2.40. The van der Waals surface area contributed by atoms with Crippen LogP contribution in [0.3, 0.4) is 0 Å². The van der Waals surface area contributed by atoms with Gasteiger partial charge in [0.2, 0.25) is 0 Å². The molecule has 1 heterocycles. The molecule has 8 heteroatoms. The molecule has 0 atom stereocenters. The van der Waals surface area contributed by atoms with Gasteiger partial charge in [-0.1, -0.05) is 30.3 Å². The van der Waals surface area contributed by atoms with Crippen molar-refractivity contribution < 1.29 is 14.5 Å². The molecule has 0 saturated heterocycles. The van der Waals surface area contributed by atoms with Crippen LogP contribution in [0, 0.1) is 17.0 Å². The van der Waals surface area contributed by atoms with E-state index >= 15 is 0 Å². The fourth-order valence-electron chi connectivity index (χ4n) is 3.72. The predicted octanol–water partition coefficient (Wildman–Crippen LogP) is 4.60. The van der Waals surface area contributed by atoms with Crippen molar-refractivity contribution in [1.82, 2.24) is 4.98 Å². The zero-order chi connectivity index (χ0) is 23.5. The number of benzene rings is 3. The second-order valence-corrected chi connectivity index (χ2v) is 7.53. The van der Waals surface area contributed by atoms with Crippen LogP contribution in [-0.4, -0.2) is 22.9 Å². The van der Waals surface area contributed by atoms with Crippen LogP contribution in [0.25, 0.3) is 10.9 Å². The monoisotopic (exact) mass is 443 g/mol. The van der Waals surface area contributed by atoms with E-state index in [1.807, 2.05) is 25.1 Å². The van der Waals surface area contributed by atoms with Crippen molar-refractivity contribution in [1.29, 1.82) is 0 Å². The predicted molar refractivity (Wildman–Crippen MR) is 126 cm³/mol. The van der Waals surface area contributed by atoms with Gasteiger partial charge in [-0.2, -0.15) is 0 Å². The van der Waals surface area contributed by atoms with E-state index in [0.717, 1.165) is 16.5 Å². The van der Waals surface area contributed by atoms with E-state index in [4.69, 9.17) is 4.74 Å². The summed E-state index contributed by atoms with van der Waals surface area (Å²) in [5, 5.41) is 11.8. The third-order valence-electron chi connectivity index (χ3n) is 5.44. The van der Waals surface area contributed by atoms with Gasteiger partial charge in [0.05, 0.1) is 29.8 Å². The maximum absolute atomic E-state index is 13.5. The van der Waals surface area contributed by atoms with Gasteiger partial charge >= 0.3 is 0 Å². The molecule has 1 amide bonds. The summed E-state index contributed by atoms with van der Waals surface area (Å²) in [6, 6.07) is 19.8. The van der Waals surface area contributed by atoms with Crippen molar-refractivity contribution in [2.75, 3.05) is 12.0 Å². The minimum atomic E-state index is -0.525. The molecule has 33 heavy (non-hydrogen) atoms. The maximum Gasteiger partial charge on any atom is 0.269 e. The Kier molecular flexibility index (Phi) is 5.91. The molecular weight excluding hydrogens is 422 g/mol. The second-order valence-electron chi connectivity index (χ2n) is 7.53. The van der Waals surface area contributed by atoms with E-state index in [1.165, 1.54) is 36.3 Å². The number of ether oxygens (including phenoxy) is 1. The van der Waals surface area contributed by atoms with E-state index in [1.54, 1.807) is 30.3 Å². The first-order chi connectivity index (χ1) is 15.9. The summed E-state index contributed by atoms with van der Waals surface area (Å²) < 4.78 is 5.45. The number of pyridine rings is 1. The summed E-state index contributed by atoms with van der Waals surface area (Å²) in [5.74, 6) is 0.0407. The number of para-hydroxylation sites is 3. The number of H-pyrrole nitrogens is 1. The molecule has 0 aliphatic carbocycles. The molecule has 0 aliphatic heterocycles. The molecule has 1 N–H and O–H groups in total. The topological polar surface area (TPSA) is 106 Å². The molecule has 0 radical (unpaired) electrons. The summed E-state index contributed by atoms with van der Waals surface area (Å²) in [6.07, 6.45) is 0. The number of nitrogens with one attached hydrogen (secondary N) is 1. The highest BCUT2D eigenvalue weighted by molar-refractivity contribution is 6.07. The molecule has 0 unspecified atom stereocenters. The Labute approximate surface area is 189 Å². The van der Waals surface area contributed by atoms with E-state index in [9.17, 15) is 19.7 Å². The number of carbonyl (C=O) groups excluding carboxylic acids is 1. The number of amides is 1. The standard InChI is InChI=1S/C25H21N3O5/c1-16-6-5-7-18-14-19(24(29)26-23(16)18)15-27(21-8-3-4-9-22(21)33-2)25(30)17-10-12-20(13-11-17)28(31)32/h3-14H,15H2,1-2H3,(H,26,29). The minimum Gasteiger partial charge on any atom is -0.495 e. The van der Waals surface area contributed by atoms with E-state index < -0.39 is 10.8 Å². The lowest BCUT2D eigenvalue weighted by Crippen LogP contribution is -2.33. The average molecular weight is 443 g/mol. The Morgan fingerprint density at radius 2 is 1.79 bits per heavy atom. The number of nitro benzene ring substituents is 1. The van der Waals surface area contributed by atoms with Gasteiger partial charge in [0.15, 0.2) is 0 Å². The van der Waals surface area contributed by atoms with Crippen LogP contribution in [0.2, 0.25) is 0 Å². The van der Waals surface area contributed by atoms with E-state index in [0.29, 0.717) is 17.0 Å². The normalized spacial score (nSPS) is 10.7. The lowest BCUT2D eigenvalue weighted by atomic mass is 10.1. The fraction of sp³-hybridized carbons (Fsp3) is 0.120. The highest BCUT2D eigenvalue weighted by atomic mass is 16.6. The Balaban J connectivity index is 1.80. The third kappa shape index (κ3) is 4.31. The number of aromatic nitrogens is 1. The molecule has 3 aromatic carbocycles. The largest absolute Gasteiger partial charge is 0.495 e. The van der Waals surface area contributed by atoms with Crippen LogP contribution in [0.15, 0.2) is 77.6 Å². The summed E-state index contributed by atoms with van der Waals surface area (Å²) >= 11 is 0. The van der Waals surface area contributed by atoms with Crippen LogP contribution in [-0.2, 0) is 6.54 Å². The van der Waals surface area contributed by atoms with Gasteiger partial charge < -0.3 is 14.6 Å². The van der Waals surface area contributed by atoms with Crippen LogP contribution in [0.4, 0.5) is 11.4 Å². The molecule has 0 saturated carbocycles. The average Bonchev–Trinajstić information content (AvgIpc) is 2.83. The lowest BCUT2D eigenvalue weighted by Gasteiger charge is -2.25. The number of aromatic amines is 1. The number of nitro groups is 1. The van der Waals surface area contributed by atoms with Crippen LogP contribution in [0.1, 0.15) is 21.5 Å². The quantitative estimate of drug-likeness (QED) is 0.346. The van der Waals surface area contributed by atoms with Crippen molar-refractivity contribution >= 4 is 28.2 Å². The molecular formula is C25H21N3O5. The molecule has 4 rings (SSSR count). The zero-order valence-corrected chi connectivity index (χ0v) is 18.1. The highest BCUT2D eigenvalue weighted by Gasteiger charge is 2.23. The minimum absolute atomic E-state index is 0.0184. The first-order valence-corrected chi connectivity index (χ1v) is 10.2. The van der Waals surface area contributed by atoms with Crippen molar-refractivity contribution in [3.8, 4) is 5.75 Å². The number of hydrogen-bond acceptors (Lipinski definition) is 5. The second kappa shape index (κ2) is 8.96. The van der Waals surface area contributed by atoms with Gasteiger partial charge in [-0.05, 0) is 48.2 Å². The maximum atomic E-state index is 13.5. The number of carbonyl (C=O) groups is 1. The number of nitrogens with zero attached hydrogens (tertiary/aromatic N) is 2. The number of fused-ring (bicyclic) bond motifs is 1. The summed E-state index contributed by atoms with van der Waals surface area (Å²) in [6.45, 7) is 1.90. The first-order valence-electron chi connectivity index (χ1n) is 10.2. The number of methoxy groups -OCH3 is 1. The van der Waals surface area contributed by atoms with Gasteiger partial charge in [0, 0.05) is 23.3 Å². The third-order valence-corrected chi connectivity index (χ3v) is 5.44. The molecule has 1 aromatic heterocycles. The van der Waals surface area contributed by atoms with Crippen molar-refractivity contribution in [2.24, 2.45) is 0 Å². The Bertz CT molecular complexity index is 1410. The fourth-order valence-corrected chi connectivity index (χ4v) is 3.72. The van der Waals surface area contributed by atoms with Crippen LogP contribution < -0.4 is 15.2 Å². The molecule has 4 aromatic rings. The Hall–Kier alpha value is -4.46. The van der Waals surface area contributed by atoms with Gasteiger partial charge in [0.25, 0.3) is 17.2 Å². The van der Waals surface area contributed by atoms with Crippen LogP contribution in [0.5, 0.6) is 5.75 Å². The first kappa shape index (κ1) is 21.8. The SMILES string of the molecule is COc1ccccc1N(Cc1cc2cccc(C)c2[nH]c1=O)C(=O)c1ccc([N+](=O)[O-])cc1. The number of rotatable bonds is 6. The smallest absolute Gasteiger partial charge is 0.269 e. The van der Waals surface area contributed by atoms with Gasteiger partial charge in [-0.25, -0.2) is 0 Å². The van der Waals surface area contributed by atoms with Gasteiger partial charge in [0.1, 0.15) is 5.75 Å². The molecule has 0 spiro atoms. The van der Waals surface area contributed by atoms with E-state index in [-0.39, 0.29) is 23.4 Å². The molecule has 8 nitrogen and oxygen atoms in total. The summed E-state index contributed by atoms with van der Waals surface area (Å²) in [7, 11) is 1.50.